The van der Waals surface area contributed by atoms with Gasteiger partial charge >= 0.3 is 5.97 Å². The van der Waals surface area contributed by atoms with Gasteiger partial charge in [-0.3, -0.25) is 0 Å². The zero-order valence-corrected chi connectivity index (χ0v) is 11.1. The van der Waals surface area contributed by atoms with E-state index in [2.05, 4.69) is 6.92 Å². The number of carbonyl (C=O) groups is 1. The predicted molar refractivity (Wildman–Crippen MR) is 71.6 cm³/mol. The Hall–Kier alpha value is -1.55. The monoisotopic (exact) mass is 251 g/mol. The van der Waals surface area contributed by atoms with E-state index in [1.54, 1.807) is 12.1 Å². The summed E-state index contributed by atoms with van der Waals surface area (Å²) in [6.45, 7) is 5.42. The number of carbonyl (C=O) groups excluding carboxylic acids is 1. The van der Waals surface area contributed by atoms with E-state index >= 15 is 0 Å². The molecule has 0 aromatic heterocycles. The molecule has 1 aromatic carbocycles. The number of anilines is 1. The van der Waals surface area contributed by atoms with Crippen LogP contribution < -0.4 is 5.73 Å². The van der Waals surface area contributed by atoms with E-state index in [0.29, 0.717) is 24.5 Å². The highest BCUT2D eigenvalue weighted by molar-refractivity contribution is 5.95. The van der Waals surface area contributed by atoms with Crippen LogP contribution in [-0.4, -0.2) is 25.8 Å². The van der Waals surface area contributed by atoms with Gasteiger partial charge in [0.2, 0.25) is 0 Å². The van der Waals surface area contributed by atoms with Gasteiger partial charge < -0.3 is 15.2 Å². The predicted octanol–water partition coefficient (Wildman–Crippen LogP) is 2.55. The lowest BCUT2D eigenvalue weighted by molar-refractivity contribution is 0.0315. The highest BCUT2D eigenvalue weighted by atomic mass is 16.6. The third-order valence-corrected chi connectivity index (χ3v) is 2.53. The van der Waals surface area contributed by atoms with E-state index in [1.165, 1.54) is 0 Å². The SMILES string of the molecule is CCCCOCCOC(=O)c1ccc(C)cc1N. The number of nitrogens with two attached hydrogens (primary N) is 1. The van der Waals surface area contributed by atoms with Gasteiger partial charge in [-0.1, -0.05) is 19.4 Å². The first-order valence-corrected chi connectivity index (χ1v) is 6.26. The Morgan fingerprint density at radius 2 is 2.06 bits per heavy atom. The number of rotatable bonds is 7. The van der Waals surface area contributed by atoms with Crippen LogP contribution in [0.5, 0.6) is 0 Å². The summed E-state index contributed by atoms with van der Waals surface area (Å²) >= 11 is 0. The zero-order valence-electron chi connectivity index (χ0n) is 11.1. The Kier molecular flexibility index (Phi) is 6.22. The summed E-state index contributed by atoms with van der Waals surface area (Å²) in [5, 5.41) is 0. The minimum atomic E-state index is -0.397. The summed E-state index contributed by atoms with van der Waals surface area (Å²) in [5.41, 5.74) is 7.64. The maximum Gasteiger partial charge on any atom is 0.340 e. The number of esters is 1. The lowest BCUT2D eigenvalue weighted by Crippen LogP contribution is -2.13. The zero-order chi connectivity index (χ0) is 13.4. The second kappa shape index (κ2) is 7.71. The molecule has 0 aliphatic rings. The number of hydrogen-bond donors (Lipinski definition) is 1. The summed E-state index contributed by atoms with van der Waals surface area (Å²) in [5.74, 6) is -0.397. The Bertz CT molecular complexity index is 391. The molecule has 2 N–H and O–H groups in total. The maximum atomic E-state index is 11.7. The standard InChI is InChI=1S/C14H21NO3/c1-3-4-7-17-8-9-18-14(16)12-6-5-11(2)10-13(12)15/h5-6,10H,3-4,7-9,15H2,1-2H3. The van der Waals surface area contributed by atoms with Gasteiger partial charge in [-0.25, -0.2) is 4.79 Å². The molecule has 0 radical (unpaired) electrons. The molecule has 0 aliphatic heterocycles. The molecule has 0 bridgehead atoms. The smallest absolute Gasteiger partial charge is 0.340 e. The summed E-state index contributed by atoms with van der Waals surface area (Å²) in [4.78, 5) is 11.7. The van der Waals surface area contributed by atoms with Gasteiger partial charge in [0.15, 0.2) is 0 Å². The number of benzene rings is 1. The highest BCUT2D eigenvalue weighted by Gasteiger charge is 2.10. The minimum Gasteiger partial charge on any atom is -0.460 e. The maximum absolute atomic E-state index is 11.7. The molecule has 0 atom stereocenters. The number of nitrogen functional groups attached to an aromatic ring is 1. The van der Waals surface area contributed by atoms with E-state index < -0.39 is 5.97 Å². The molecular formula is C14H21NO3. The summed E-state index contributed by atoms with van der Waals surface area (Å²) in [7, 11) is 0. The van der Waals surface area contributed by atoms with E-state index in [-0.39, 0.29) is 6.61 Å². The van der Waals surface area contributed by atoms with Crippen molar-refractivity contribution in [3.8, 4) is 0 Å². The van der Waals surface area contributed by atoms with Crippen LogP contribution in [0.15, 0.2) is 18.2 Å². The molecule has 0 aliphatic carbocycles. The highest BCUT2D eigenvalue weighted by Crippen LogP contribution is 2.14. The third-order valence-electron chi connectivity index (χ3n) is 2.53. The largest absolute Gasteiger partial charge is 0.460 e. The molecule has 1 aromatic rings. The Morgan fingerprint density at radius 1 is 1.28 bits per heavy atom. The van der Waals surface area contributed by atoms with Crippen LogP contribution in [0.4, 0.5) is 5.69 Å². The molecule has 18 heavy (non-hydrogen) atoms. The molecule has 0 spiro atoms. The molecule has 0 unspecified atom stereocenters. The first-order chi connectivity index (χ1) is 8.65. The first-order valence-electron chi connectivity index (χ1n) is 6.26. The second-order valence-electron chi connectivity index (χ2n) is 4.19. The van der Waals surface area contributed by atoms with Gasteiger partial charge in [0.25, 0.3) is 0 Å². The van der Waals surface area contributed by atoms with Crippen LogP contribution in [0.3, 0.4) is 0 Å². The topological polar surface area (TPSA) is 61.5 Å². The Morgan fingerprint density at radius 3 is 2.72 bits per heavy atom. The Labute approximate surface area is 108 Å². The second-order valence-corrected chi connectivity index (χ2v) is 4.19. The fourth-order valence-electron chi connectivity index (χ4n) is 1.49. The molecule has 1 rings (SSSR count). The molecule has 0 amide bonds. The van der Waals surface area contributed by atoms with E-state index in [0.717, 1.165) is 18.4 Å². The normalized spacial score (nSPS) is 10.3. The van der Waals surface area contributed by atoms with Crippen LogP contribution in [0.2, 0.25) is 0 Å². The molecule has 0 heterocycles. The lowest BCUT2D eigenvalue weighted by atomic mass is 10.1. The van der Waals surface area contributed by atoms with E-state index in [9.17, 15) is 4.79 Å². The van der Waals surface area contributed by atoms with Crippen molar-refractivity contribution in [1.82, 2.24) is 0 Å². The lowest BCUT2D eigenvalue weighted by Gasteiger charge is -2.08. The van der Waals surface area contributed by atoms with Crippen LogP contribution >= 0.6 is 0 Å². The van der Waals surface area contributed by atoms with Crippen molar-refractivity contribution >= 4 is 11.7 Å². The molecule has 0 fully saturated rings. The van der Waals surface area contributed by atoms with Crippen molar-refractivity contribution in [3.05, 3.63) is 29.3 Å². The quantitative estimate of drug-likeness (QED) is 0.459. The van der Waals surface area contributed by atoms with Crippen molar-refractivity contribution in [1.29, 1.82) is 0 Å². The molecule has 0 saturated heterocycles. The van der Waals surface area contributed by atoms with Crippen LogP contribution in [0, 0.1) is 6.92 Å². The molecule has 0 saturated carbocycles. The van der Waals surface area contributed by atoms with Gasteiger partial charge in [0.05, 0.1) is 12.2 Å². The van der Waals surface area contributed by atoms with Gasteiger partial charge in [-0.2, -0.15) is 0 Å². The van der Waals surface area contributed by atoms with E-state index in [1.807, 2.05) is 13.0 Å². The van der Waals surface area contributed by atoms with Crippen molar-refractivity contribution < 1.29 is 14.3 Å². The molecule has 100 valence electrons. The minimum absolute atomic E-state index is 0.260. The molecular weight excluding hydrogens is 230 g/mol. The summed E-state index contributed by atoms with van der Waals surface area (Å²) in [6, 6.07) is 5.28. The molecule has 4 heteroatoms. The van der Waals surface area contributed by atoms with E-state index in [4.69, 9.17) is 15.2 Å². The Balaban J connectivity index is 2.32. The number of unbranched alkanes of at least 4 members (excludes halogenated alkanes) is 1. The summed E-state index contributed by atoms with van der Waals surface area (Å²) < 4.78 is 10.4. The number of aryl methyl sites for hydroxylation is 1. The number of ether oxygens (including phenoxy) is 2. The first kappa shape index (κ1) is 14.5. The fourth-order valence-corrected chi connectivity index (χ4v) is 1.49. The fraction of sp³-hybridized carbons (Fsp3) is 0.500. The van der Waals surface area contributed by atoms with Gasteiger partial charge in [0, 0.05) is 12.3 Å². The van der Waals surface area contributed by atoms with Crippen LogP contribution in [0.25, 0.3) is 0 Å². The number of hydrogen-bond acceptors (Lipinski definition) is 4. The average Bonchev–Trinajstić information content (AvgIpc) is 2.33. The average molecular weight is 251 g/mol. The third kappa shape index (κ3) is 4.75. The van der Waals surface area contributed by atoms with Gasteiger partial charge in [-0.15, -0.1) is 0 Å². The van der Waals surface area contributed by atoms with Crippen molar-refractivity contribution in [3.63, 3.8) is 0 Å². The van der Waals surface area contributed by atoms with Gasteiger partial charge in [-0.05, 0) is 31.0 Å². The molecule has 4 nitrogen and oxygen atoms in total. The van der Waals surface area contributed by atoms with Crippen molar-refractivity contribution in [2.45, 2.75) is 26.7 Å². The van der Waals surface area contributed by atoms with Crippen molar-refractivity contribution in [2.75, 3.05) is 25.6 Å². The summed E-state index contributed by atoms with van der Waals surface area (Å²) in [6.07, 6.45) is 2.12. The van der Waals surface area contributed by atoms with Crippen LogP contribution in [0.1, 0.15) is 35.7 Å². The van der Waals surface area contributed by atoms with Gasteiger partial charge in [0.1, 0.15) is 6.61 Å². The van der Waals surface area contributed by atoms with Crippen LogP contribution in [-0.2, 0) is 9.47 Å². The van der Waals surface area contributed by atoms with Crippen molar-refractivity contribution in [2.24, 2.45) is 0 Å².